The Bertz CT molecular complexity index is 493. The molecule has 116 valence electrons. The molecule has 21 heavy (non-hydrogen) atoms. The minimum Gasteiger partial charge on any atom is -0.481 e. The predicted molar refractivity (Wildman–Crippen MR) is 81.5 cm³/mol. The predicted octanol–water partition coefficient (Wildman–Crippen LogP) is 3.30. The second-order valence-corrected chi connectivity index (χ2v) is 7.18. The Labute approximate surface area is 129 Å². The minimum atomic E-state index is -0.796. The first-order valence-corrected chi connectivity index (χ1v) is 9.00. The van der Waals surface area contributed by atoms with Crippen molar-refractivity contribution in [3.05, 3.63) is 5.82 Å². The Balaban J connectivity index is 1.65. The summed E-state index contributed by atoms with van der Waals surface area (Å²) in [7, 11) is 0. The molecule has 0 amide bonds. The maximum Gasteiger partial charge on any atom is 0.313 e. The van der Waals surface area contributed by atoms with E-state index in [9.17, 15) is 4.79 Å². The number of carboxylic acid groups (broad SMARTS) is 1. The van der Waals surface area contributed by atoms with Crippen LogP contribution in [0.5, 0.6) is 0 Å². The van der Waals surface area contributed by atoms with E-state index in [0.29, 0.717) is 5.92 Å². The maximum absolute atomic E-state index is 10.8. The van der Waals surface area contributed by atoms with Crippen LogP contribution in [0.3, 0.4) is 0 Å². The van der Waals surface area contributed by atoms with Crippen LogP contribution in [0.4, 0.5) is 0 Å². The van der Waals surface area contributed by atoms with Gasteiger partial charge in [0, 0.05) is 12.5 Å². The van der Waals surface area contributed by atoms with Gasteiger partial charge in [-0.3, -0.25) is 4.79 Å². The Morgan fingerprint density at radius 3 is 2.62 bits per heavy atom. The summed E-state index contributed by atoms with van der Waals surface area (Å²) in [6.07, 6.45) is 10.4. The molecule has 0 unspecified atom stereocenters. The lowest BCUT2D eigenvalue weighted by molar-refractivity contribution is -0.133. The van der Waals surface area contributed by atoms with Gasteiger partial charge in [-0.05, 0) is 25.2 Å². The van der Waals surface area contributed by atoms with Gasteiger partial charge in [-0.1, -0.05) is 43.9 Å². The second kappa shape index (κ2) is 6.81. The molecule has 0 aromatic carbocycles. The topological polar surface area (TPSA) is 68.0 Å². The van der Waals surface area contributed by atoms with Crippen LogP contribution in [0.2, 0.25) is 0 Å². The van der Waals surface area contributed by atoms with Gasteiger partial charge in [0.15, 0.2) is 5.16 Å². The number of aromatic nitrogens is 3. The third kappa shape index (κ3) is 3.99. The fourth-order valence-electron chi connectivity index (χ4n) is 3.17. The van der Waals surface area contributed by atoms with Gasteiger partial charge in [-0.25, -0.2) is 0 Å². The maximum atomic E-state index is 10.8. The molecule has 6 heteroatoms. The Morgan fingerprint density at radius 1 is 1.19 bits per heavy atom. The highest BCUT2D eigenvalue weighted by molar-refractivity contribution is 7.99. The third-order valence-corrected chi connectivity index (χ3v) is 5.45. The highest BCUT2D eigenvalue weighted by Gasteiger charge is 2.30. The second-order valence-electron chi connectivity index (χ2n) is 6.24. The summed E-state index contributed by atoms with van der Waals surface area (Å²) in [4.78, 5) is 10.8. The lowest BCUT2D eigenvalue weighted by Gasteiger charge is -2.22. The minimum absolute atomic E-state index is 0.0617. The van der Waals surface area contributed by atoms with Gasteiger partial charge in [-0.2, -0.15) is 0 Å². The van der Waals surface area contributed by atoms with Crippen LogP contribution in [0.15, 0.2) is 5.16 Å². The lowest BCUT2D eigenvalue weighted by atomic mass is 9.87. The molecule has 0 saturated heterocycles. The Hall–Kier alpha value is -1.04. The number of hydrogen-bond acceptors (Lipinski definition) is 4. The summed E-state index contributed by atoms with van der Waals surface area (Å²) >= 11 is 1.30. The first-order chi connectivity index (χ1) is 10.2. The van der Waals surface area contributed by atoms with Crippen LogP contribution in [0, 0.1) is 5.92 Å². The zero-order valence-electron chi connectivity index (χ0n) is 12.3. The molecule has 2 saturated carbocycles. The first-order valence-electron chi connectivity index (χ1n) is 8.01. The third-order valence-electron chi connectivity index (χ3n) is 4.50. The molecule has 1 N–H and O–H groups in total. The molecule has 0 bridgehead atoms. The van der Waals surface area contributed by atoms with Gasteiger partial charge < -0.3 is 9.67 Å². The van der Waals surface area contributed by atoms with Gasteiger partial charge in [0.1, 0.15) is 5.82 Å². The van der Waals surface area contributed by atoms with E-state index >= 15 is 0 Å². The fourth-order valence-corrected chi connectivity index (χ4v) is 3.87. The van der Waals surface area contributed by atoms with Crippen molar-refractivity contribution < 1.29 is 9.90 Å². The zero-order valence-corrected chi connectivity index (χ0v) is 13.1. The molecule has 0 radical (unpaired) electrons. The van der Waals surface area contributed by atoms with Gasteiger partial charge in [-0.15, -0.1) is 10.2 Å². The highest BCUT2D eigenvalue weighted by atomic mass is 32.2. The van der Waals surface area contributed by atoms with Gasteiger partial charge >= 0.3 is 5.97 Å². The molecular weight excluding hydrogens is 286 g/mol. The summed E-state index contributed by atoms with van der Waals surface area (Å²) in [5.74, 6) is 1.73. The molecule has 2 fully saturated rings. The number of aliphatic carboxylic acids is 1. The van der Waals surface area contributed by atoms with E-state index < -0.39 is 5.97 Å². The number of carbonyl (C=O) groups is 1. The van der Waals surface area contributed by atoms with E-state index in [-0.39, 0.29) is 5.75 Å². The van der Waals surface area contributed by atoms with Crippen molar-refractivity contribution in [2.45, 2.75) is 69.0 Å². The number of rotatable bonds is 7. The van der Waals surface area contributed by atoms with Gasteiger partial charge in [0.05, 0.1) is 5.75 Å². The number of thioether (sulfide) groups is 1. The summed E-state index contributed by atoms with van der Waals surface area (Å²) in [6, 6.07) is 0. The van der Waals surface area contributed by atoms with Crippen LogP contribution in [0.1, 0.15) is 63.1 Å². The first kappa shape index (κ1) is 14.9. The van der Waals surface area contributed by atoms with Crippen molar-refractivity contribution in [3.63, 3.8) is 0 Å². The number of nitrogens with zero attached hydrogens (tertiary/aromatic N) is 3. The molecule has 0 aliphatic heterocycles. The molecular formula is C15H23N3O2S. The molecule has 2 aliphatic rings. The van der Waals surface area contributed by atoms with Crippen LogP contribution >= 0.6 is 11.8 Å². The quantitative estimate of drug-likeness (QED) is 0.783. The summed E-state index contributed by atoms with van der Waals surface area (Å²) in [5, 5.41) is 18.2. The normalized spacial score (nSPS) is 19.8. The van der Waals surface area contributed by atoms with E-state index in [1.54, 1.807) is 0 Å². The van der Waals surface area contributed by atoms with Crippen LogP contribution in [0.25, 0.3) is 0 Å². The van der Waals surface area contributed by atoms with E-state index in [4.69, 9.17) is 5.11 Å². The lowest BCUT2D eigenvalue weighted by Crippen LogP contribution is -2.12. The smallest absolute Gasteiger partial charge is 0.313 e. The molecule has 2 aliphatic carbocycles. The van der Waals surface area contributed by atoms with Crippen molar-refractivity contribution in [3.8, 4) is 0 Å². The van der Waals surface area contributed by atoms with E-state index in [1.165, 1.54) is 63.1 Å². The average Bonchev–Trinajstić information content (AvgIpc) is 3.25. The molecule has 1 heterocycles. The van der Waals surface area contributed by atoms with Crippen molar-refractivity contribution in [2.24, 2.45) is 5.92 Å². The zero-order chi connectivity index (χ0) is 14.7. The fraction of sp³-hybridized carbons (Fsp3) is 0.800. The van der Waals surface area contributed by atoms with Crippen molar-refractivity contribution in [1.82, 2.24) is 14.8 Å². The van der Waals surface area contributed by atoms with Gasteiger partial charge in [0.25, 0.3) is 0 Å². The summed E-state index contributed by atoms with van der Waals surface area (Å²) in [5.41, 5.74) is 0. The number of hydrogen-bond donors (Lipinski definition) is 1. The van der Waals surface area contributed by atoms with Gasteiger partial charge in [0.2, 0.25) is 0 Å². The highest BCUT2D eigenvalue weighted by Crippen LogP contribution is 2.40. The molecule has 3 rings (SSSR count). The molecule has 0 atom stereocenters. The summed E-state index contributed by atoms with van der Waals surface area (Å²) < 4.78 is 2.19. The van der Waals surface area contributed by atoms with Crippen LogP contribution in [-0.2, 0) is 11.3 Å². The van der Waals surface area contributed by atoms with Crippen molar-refractivity contribution >= 4 is 17.7 Å². The van der Waals surface area contributed by atoms with Crippen molar-refractivity contribution in [1.29, 1.82) is 0 Å². The standard InChI is InChI=1S/C15H23N3O2S/c19-13(20)10-21-15-17-16-14(12-6-7-12)18(15)9-8-11-4-2-1-3-5-11/h11-12H,1-10H2,(H,19,20). The van der Waals surface area contributed by atoms with E-state index in [1.807, 2.05) is 0 Å². The Kier molecular flexibility index (Phi) is 4.83. The largest absolute Gasteiger partial charge is 0.481 e. The average molecular weight is 309 g/mol. The van der Waals surface area contributed by atoms with Crippen molar-refractivity contribution in [2.75, 3.05) is 5.75 Å². The molecule has 0 spiro atoms. The monoisotopic (exact) mass is 309 g/mol. The van der Waals surface area contributed by atoms with Crippen LogP contribution in [-0.4, -0.2) is 31.6 Å². The molecule has 1 aromatic heterocycles. The Morgan fingerprint density at radius 2 is 1.95 bits per heavy atom. The number of carboxylic acids is 1. The molecule has 5 nitrogen and oxygen atoms in total. The van der Waals surface area contributed by atoms with E-state index in [0.717, 1.165) is 23.4 Å². The van der Waals surface area contributed by atoms with Crippen LogP contribution < -0.4 is 0 Å². The summed E-state index contributed by atoms with van der Waals surface area (Å²) in [6.45, 7) is 0.950. The van der Waals surface area contributed by atoms with E-state index in [2.05, 4.69) is 14.8 Å². The SMILES string of the molecule is O=C(O)CSc1nnc(C2CC2)n1CCC1CCCCC1. The molecule has 1 aromatic rings.